The fourth-order valence-corrected chi connectivity index (χ4v) is 1.65. The van der Waals surface area contributed by atoms with E-state index in [2.05, 4.69) is 10.3 Å². The van der Waals surface area contributed by atoms with Gasteiger partial charge in [0.15, 0.2) is 0 Å². The molecule has 0 aromatic carbocycles. The van der Waals surface area contributed by atoms with Crippen LogP contribution in [0, 0.1) is 5.92 Å². The summed E-state index contributed by atoms with van der Waals surface area (Å²) in [6.07, 6.45) is 3.12. The van der Waals surface area contributed by atoms with E-state index in [0.717, 1.165) is 6.42 Å². The van der Waals surface area contributed by atoms with Gasteiger partial charge < -0.3 is 10.4 Å². The number of carbonyl (C=O) groups excluding carboxylic acids is 1. The Morgan fingerprint density at radius 3 is 3.00 bits per heavy atom. The number of nitrogens with zero attached hydrogens (tertiary/aromatic N) is 1. The van der Waals surface area contributed by atoms with Gasteiger partial charge in [0.25, 0.3) is 5.91 Å². The van der Waals surface area contributed by atoms with Gasteiger partial charge in [0.05, 0.1) is 0 Å². The first kappa shape index (κ1) is 13.9. The van der Waals surface area contributed by atoms with Crippen LogP contribution in [0.25, 0.3) is 0 Å². The minimum atomic E-state index is -0.233. The second kappa shape index (κ2) is 7.25. The van der Waals surface area contributed by atoms with E-state index in [1.807, 2.05) is 6.92 Å². The molecular weight excluding hydrogens is 240 g/mol. The van der Waals surface area contributed by atoms with Crippen LogP contribution in [0.2, 0.25) is 5.02 Å². The van der Waals surface area contributed by atoms with Gasteiger partial charge >= 0.3 is 0 Å². The zero-order valence-corrected chi connectivity index (χ0v) is 10.6. The highest BCUT2D eigenvalue weighted by Gasteiger charge is 2.10. The second-order valence-electron chi connectivity index (χ2n) is 3.86. The zero-order chi connectivity index (χ0) is 12.7. The van der Waals surface area contributed by atoms with Gasteiger partial charge in [-0.2, -0.15) is 0 Å². The van der Waals surface area contributed by atoms with Crippen LogP contribution in [-0.2, 0) is 0 Å². The molecule has 94 valence electrons. The SMILES string of the molecule is CCC(CCO)CNC(=O)c1cc(Cl)ccn1. The highest BCUT2D eigenvalue weighted by atomic mass is 35.5. The van der Waals surface area contributed by atoms with E-state index in [1.54, 1.807) is 6.07 Å². The molecule has 0 spiro atoms. The Bertz CT molecular complexity index is 371. The number of aliphatic hydroxyl groups excluding tert-OH is 1. The maximum absolute atomic E-state index is 11.7. The highest BCUT2D eigenvalue weighted by molar-refractivity contribution is 6.30. The Hall–Kier alpha value is -1.13. The van der Waals surface area contributed by atoms with E-state index in [0.29, 0.717) is 29.6 Å². The summed E-state index contributed by atoms with van der Waals surface area (Å²) >= 11 is 5.78. The summed E-state index contributed by atoms with van der Waals surface area (Å²) < 4.78 is 0. The third kappa shape index (κ3) is 4.71. The molecule has 17 heavy (non-hydrogen) atoms. The van der Waals surface area contributed by atoms with E-state index in [-0.39, 0.29) is 12.5 Å². The van der Waals surface area contributed by atoms with Gasteiger partial charge in [-0.15, -0.1) is 0 Å². The Labute approximate surface area is 106 Å². The molecule has 0 bridgehead atoms. The van der Waals surface area contributed by atoms with Crippen molar-refractivity contribution in [3.8, 4) is 0 Å². The van der Waals surface area contributed by atoms with Gasteiger partial charge in [0, 0.05) is 24.4 Å². The molecule has 1 unspecified atom stereocenters. The van der Waals surface area contributed by atoms with Crippen molar-refractivity contribution in [2.24, 2.45) is 5.92 Å². The predicted octanol–water partition coefficient (Wildman–Crippen LogP) is 1.87. The lowest BCUT2D eigenvalue weighted by Gasteiger charge is -2.13. The zero-order valence-electron chi connectivity index (χ0n) is 9.82. The number of halogens is 1. The van der Waals surface area contributed by atoms with E-state index in [4.69, 9.17) is 16.7 Å². The van der Waals surface area contributed by atoms with Crippen LogP contribution in [0.4, 0.5) is 0 Å². The molecule has 4 nitrogen and oxygen atoms in total. The molecule has 2 N–H and O–H groups in total. The largest absolute Gasteiger partial charge is 0.396 e. The first-order valence-corrected chi connectivity index (χ1v) is 6.05. The molecule has 0 aliphatic carbocycles. The van der Waals surface area contributed by atoms with Crippen molar-refractivity contribution < 1.29 is 9.90 Å². The van der Waals surface area contributed by atoms with Crippen LogP contribution in [0.3, 0.4) is 0 Å². The average molecular weight is 257 g/mol. The predicted molar refractivity (Wildman–Crippen MR) is 67.1 cm³/mol. The van der Waals surface area contributed by atoms with E-state index < -0.39 is 0 Å². The molecule has 1 amide bonds. The summed E-state index contributed by atoms with van der Waals surface area (Å²) in [4.78, 5) is 15.7. The smallest absolute Gasteiger partial charge is 0.269 e. The Morgan fingerprint density at radius 2 is 2.41 bits per heavy atom. The van der Waals surface area contributed by atoms with Gasteiger partial charge in [-0.05, 0) is 24.5 Å². The standard InChI is InChI=1S/C12H17ClN2O2/c1-2-9(4-6-16)8-15-12(17)11-7-10(13)3-5-14-11/h3,5,7,9,16H,2,4,6,8H2,1H3,(H,15,17). The number of rotatable bonds is 6. The Balaban J connectivity index is 2.49. The molecule has 5 heteroatoms. The van der Waals surface area contributed by atoms with Crippen LogP contribution in [-0.4, -0.2) is 29.1 Å². The van der Waals surface area contributed by atoms with Crippen LogP contribution >= 0.6 is 11.6 Å². The molecule has 1 aromatic rings. The van der Waals surface area contributed by atoms with Gasteiger partial charge in [0.2, 0.25) is 0 Å². The highest BCUT2D eigenvalue weighted by Crippen LogP contribution is 2.09. The van der Waals surface area contributed by atoms with Crippen molar-refractivity contribution in [2.75, 3.05) is 13.2 Å². The van der Waals surface area contributed by atoms with Crippen molar-refractivity contribution in [3.63, 3.8) is 0 Å². The molecule has 1 aromatic heterocycles. The second-order valence-corrected chi connectivity index (χ2v) is 4.29. The monoisotopic (exact) mass is 256 g/mol. The van der Waals surface area contributed by atoms with E-state index >= 15 is 0 Å². The van der Waals surface area contributed by atoms with Crippen molar-refractivity contribution >= 4 is 17.5 Å². The van der Waals surface area contributed by atoms with Gasteiger partial charge in [0.1, 0.15) is 5.69 Å². The van der Waals surface area contributed by atoms with Crippen LogP contribution in [0.15, 0.2) is 18.3 Å². The van der Waals surface area contributed by atoms with E-state index in [1.165, 1.54) is 12.3 Å². The van der Waals surface area contributed by atoms with Gasteiger partial charge in [-0.1, -0.05) is 24.9 Å². The van der Waals surface area contributed by atoms with Gasteiger partial charge in [-0.25, -0.2) is 0 Å². The molecule has 0 saturated heterocycles. The molecule has 0 radical (unpaired) electrons. The lowest BCUT2D eigenvalue weighted by molar-refractivity contribution is 0.0938. The third-order valence-corrected chi connectivity index (χ3v) is 2.86. The van der Waals surface area contributed by atoms with Gasteiger partial charge in [-0.3, -0.25) is 9.78 Å². The summed E-state index contributed by atoms with van der Waals surface area (Å²) in [5.41, 5.74) is 0.316. The fraction of sp³-hybridized carbons (Fsp3) is 0.500. The number of carbonyl (C=O) groups is 1. The van der Waals surface area contributed by atoms with Crippen LogP contribution < -0.4 is 5.32 Å². The molecule has 0 aliphatic heterocycles. The number of aliphatic hydroxyl groups is 1. The quantitative estimate of drug-likeness (QED) is 0.817. The number of hydrogen-bond donors (Lipinski definition) is 2. The lowest BCUT2D eigenvalue weighted by Crippen LogP contribution is -2.30. The number of hydrogen-bond acceptors (Lipinski definition) is 3. The fourth-order valence-electron chi connectivity index (χ4n) is 1.49. The molecule has 0 fully saturated rings. The minimum absolute atomic E-state index is 0.143. The van der Waals surface area contributed by atoms with Crippen molar-refractivity contribution in [1.29, 1.82) is 0 Å². The van der Waals surface area contributed by atoms with Crippen molar-refractivity contribution in [1.82, 2.24) is 10.3 Å². The Morgan fingerprint density at radius 1 is 1.65 bits per heavy atom. The molecule has 0 saturated carbocycles. The summed E-state index contributed by atoms with van der Waals surface area (Å²) in [5, 5.41) is 12.1. The maximum Gasteiger partial charge on any atom is 0.269 e. The normalized spacial score (nSPS) is 12.2. The summed E-state index contributed by atoms with van der Waals surface area (Å²) in [6.45, 7) is 2.72. The minimum Gasteiger partial charge on any atom is -0.396 e. The van der Waals surface area contributed by atoms with E-state index in [9.17, 15) is 4.79 Å². The van der Waals surface area contributed by atoms with Crippen molar-refractivity contribution in [3.05, 3.63) is 29.0 Å². The first-order valence-electron chi connectivity index (χ1n) is 5.68. The summed E-state index contributed by atoms with van der Waals surface area (Å²) in [7, 11) is 0. The van der Waals surface area contributed by atoms with Crippen molar-refractivity contribution in [2.45, 2.75) is 19.8 Å². The third-order valence-electron chi connectivity index (χ3n) is 2.62. The number of aromatic nitrogens is 1. The average Bonchev–Trinajstić information content (AvgIpc) is 2.34. The first-order chi connectivity index (χ1) is 8.17. The van der Waals surface area contributed by atoms with Crippen LogP contribution in [0.1, 0.15) is 30.3 Å². The molecule has 0 aliphatic rings. The maximum atomic E-state index is 11.7. The number of amides is 1. The Kier molecular flexibility index (Phi) is 5.94. The summed E-state index contributed by atoms with van der Waals surface area (Å²) in [6, 6.07) is 3.16. The number of pyridine rings is 1. The number of nitrogens with one attached hydrogen (secondary N) is 1. The lowest BCUT2D eigenvalue weighted by atomic mass is 10.0. The molecule has 1 heterocycles. The van der Waals surface area contributed by atoms with Crippen LogP contribution in [0.5, 0.6) is 0 Å². The summed E-state index contributed by atoms with van der Waals surface area (Å²) in [5.74, 6) is 0.0621. The molecule has 1 atom stereocenters. The molecule has 1 rings (SSSR count). The molecular formula is C12H17ClN2O2. The topological polar surface area (TPSA) is 62.2 Å².